The number of carbonyl (C=O) groups is 1. The molecule has 3 heterocycles. The molecule has 156 valence electrons. The summed E-state index contributed by atoms with van der Waals surface area (Å²) in [4.78, 5) is 15.3. The highest BCUT2D eigenvalue weighted by Crippen LogP contribution is 2.43. The average molecular weight is 412 g/mol. The smallest absolute Gasteiger partial charge is 0.273 e. The van der Waals surface area contributed by atoms with Crippen LogP contribution in [-0.2, 0) is 6.54 Å². The van der Waals surface area contributed by atoms with Gasteiger partial charge in [-0.15, -0.1) is 0 Å². The summed E-state index contributed by atoms with van der Waals surface area (Å²) in [7, 11) is 0. The summed E-state index contributed by atoms with van der Waals surface area (Å²) in [6.45, 7) is 6.83. The van der Waals surface area contributed by atoms with Crippen LogP contribution in [0, 0.1) is 6.92 Å². The van der Waals surface area contributed by atoms with Crippen LogP contribution >= 0.6 is 0 Å². The van der Waals surface area contributed by atoms with Crippen molar-refractivity contribution in [2.45, 2.75) is 39.3 Å². The second-order valence-corrected chi connectivity index (χ2v) is 8.46. The maximum Gasteiger partial charge on any atom is 0.273 e. The molecular formula is C26H25N3O2. The van der Waals surface area contributed by atoms with Crippen molar-refractivity contribution < 1.29 is 9.21 Å². The average Bonchev–Trinajstić information content (AvgIpc) is 3.49. The number of furan rings is 1. The van der Waals surface area contributed by atoms with Gasteiger partial charge in [-0.1, -0.05) is 67.9 Å². The molecule has 0 saturated carbocycles. The summed E-state index contributed by atoms with van der Waals surface area (Å²) < 4.78 is 5.56. The van der Waals surface area contributed by atoms with E-state index in [4.69, 9.17) is 4.42 Å². The van der Waals surface area contributed by atoms with Crippen LogP contribution in [0.2, 0.25) is 0 Å². The number of nitrogens with one attached hydrogen (secondary N) is 1. The molecule has 0 spiro atoms. The lowest BCUT2D eigenvalue weighted by Gasteiger charge is -2.26. The molecule has 4 aromatic rings. The van der Waals surface area contributed by atoms with Gasteiger partial charge in [0, 0.05) is 11.1 Å². The van der Waals surface area contributed by atoms with Crippen molar-refractivity contribution in [3.8, 4) is 11.3 Å². The number of hydrogen-bond acceptors (Lipinski definition) is 3. The van der Waals surface area contributed by atoms with Crippen LogP contribution in [0.4, 0.5) is 0 Å². The number of rotatable bonds is 5. The van der Waals surface area contributed by atoms with Gasteiger partial charge in [-0.05, 0) is 36.1 Å². The first-order valence-corrected chi connectivity index (χ1v) is 10.6. The van der Waals surface area contributed by atoms with Crippen molar-refractivity contribution in [1.82, 2.24) is 15.1 Å². The molecule has 2 aromatic carbocycles. The first-order valence-electron chi connectivity index (χ1n) is 10.6. The molecule has 1 amide bonds. The Morgan fingerprint density at radius 1 is 1.06 bits per heavy atom. The van der Waals surface area contributed by atoms with Gasteiger partial charge in [0.05, 0.1) is 24.5 Å². The Morgan fingerprint density at radius 3 is 2.45 bits per heavy atom. The van der Waals surface area contributed by atoms with E-state index in [1.165, 1.54) is 11.1 Å². The van der Waals surface area contributed by atoms with Gasteiger partial charge in [-0.2, -0.15) is 5.10 Å². The molecular weight excluding hydrogens is 386 g/mol. The van der Waals surface area contributed by atoms with E-state index < -0.39 is 0 Å². The van der Waals surface area contributed by atoms with Gasteiger partial charge < -0.3 is 9.32 Å². The molecule has 2 aromatic heterocycles. The Labute approximate surface area is 181 Å². The molecule has 5 nitrogen and oxygen atoms in total. The van der Waals surface area contributed by atoms with Gasteiger partial charge in [0.2, 0.25) is 0 Å². The SMILES string of the molecule is Cc1ccc(-c2n[nH]c3c2C(c2ccc(C(C)C)cc2)N(Cc2ccco2)C3=O)cc1. The van der Waals surface area contributed by atoms with E-state index in [1.807, 2.05) is 17.0 Å². The number of aryl methyl sites for hydroxylation is 1. The zero-order valence-electron chi connectivity index (χ0n) is 17.9. The number of H-pyrrole nitrogens is 1. The Kier molecular flexibility index (Phi) is 4.74. The second kappa shape index (κ2) is 7.58. The fourth-order valence-corrected chi connectivity index (χ4v) is 4.27. The lowest BCUT2D eigenvalue weighted by molar-refractivity contribution is 0.0717. The van der Waals surface area contributed by atoms with Gasteiger partial charge in [0.15, 0.2) is 0 Å². The van der Waals surface area contributed by atoms with Crippen molar-refractivity contribution in [2.24, 2.45) is 0 Å². The monoisotopic (exact) mass is 411 g/mol. The minimum absolute atomic E-state index is 0.0600. The largest absolute Gasteiger partial charge is 0.467 e. The second-order valence-electron chi connectivity index (χ2n) is 8.46. The minimum atomic E-state index is -0.233. The third kappa shape index (κ3) is 3.36. The highest BCUT2D eigenvalue weighted by molar-refractivity contribution is 6.00. The normalized spacial score (nSPS) is 15.7. The fraction of sp³-hybridized carbons (Fsp3) is 0.231. The van der Waals surface area contributed by atoms with Crippen molar-refractivity contribution in [1.29, 1.82) is 0 Å². The van der Waals surface area contributed by atoms with Crippen molar-refractivity contribution in [3.63, 3.8) is 0 Å². The van der Waals surface area contributed by atoms with Gasteiger partial charge in [0.1, 0.15) is 11.5 Å². The highest BCUT2D eigenvalue weighted by atomic mass is 16.3. The zero-order chi connectivity index (χ0) is 21.5. The van der Waals surface area contributed by atoms with Gasteiger partial charge in [0.25, 0.3) is 5.91 Å². The number of fused-ring (bicyclic) bond motifs is 1. The molecule has 0 saturated heterocycles. The first-order chi connectivity index (χ1) is 15.0. The Balaban J connectivity index is 1.63. The van der Waals surface area contributed by atoms with Crippen LogP contribution in [-0.4, -0.2) is 21.0 Å². The third-order valence-corrected chi connectivity index (χ3v) is 6.01. The van der Waals surface area contributed by atoms with Crippen LogP contribution in [0.5, 0.6) is 0 Å². The number of amides is 1. The lowest BCUT2D eigenvalue weighted by Crippen LogP contribution is -2.29. The molecule has 5 rings (SSSR count). The Morgan fingerprint density at radius 2 is 1.81 bits per heavy atom. The van der Waals surface area contributed by atoms with Crippen LogP contribution in [0.15, 0.2) is 71.3 Å². The van der Waals surface area contributed by atoms with E-state index in [0.717, 1.165) is 28.1 Å². The number of benzene rings is 2. The number of nitrogens with zero attached hydrogens (tertiary/aromatic N) is 2. The van der Waals surface area contributed by atoms with Crippen molar-refractivity contribution >= 4 is 5.91 Å². The summed E-state index contributed by atoms with van der Waals surface area (Å²) in [5, 5.41) is 7.56. The molecule has 1 aliphatic heterocycles. The number of aromatic nitrogens is 2. The summed E-state index contributed by atoms with van der Waals surface area (Å²) in [6.07, 6.45) is 1.64. The van der Waals surface area contributed by atoms with E-state index in [2.05, 4.69) is 79.5 Å². The Hall–Kier alpha value is -3.60. The van der Waals surface area contributed by atoms with Crippen LogP contribution in [0.1, 0.15) is 64.3 Å². The van der Waals surface area contributed by atoms with E-state index in [9.17, 15) is 4.79 Å². The standard InChI is InChI=1S/C26H25N3O2/c1-16(2)18-10-12-20(13-11-18)25-22-23(19-8-6-17(3)7-9-19)27-28-24(22)26(30)29(25)15-21-5-4-14-31-21/h4-14,16,25H,15H2,1-3H3,(H,27,28). The highest BCUT2D eigenvalue weighted by Gasteiger charge is 2.42. The van der Waals surface area contributed by atoms with Crippen molar-refractivity contribution in [2.75, 3.05) is 0 Å². The number of carbonyl (C=O) groups excluding carboxylic acids is 1. The van der Waals surface area contributed by atoms with E-state index in [-0.39, 0.29) is 11.9 Å². The van der Waals surface area contributed by atoms with E-state index in [1.54, 1.807) is 6.26 Å². The predicted octanol–water partition coefficient (Wildman–Crippen LogP) is 5.85. The topological polar surface area (TPSA) is 62.1 Å². The van der Waals surface area contributed by atoms with Gasteiger partial charge in [-0.3, -0.25) is 9.89 Å². The lowest BCUT2D eigenvalue weighted by atomic mass is 9.93. The molecule has 0 radical (unpaired) electrons. The molecule has 1 atom stereocenters. The zero-order valence-corrected chi connectivity index (χ0v) is 17.9. The van der Waals surface area contributed by atoms with Crippen LogP contribution < -0.4 is 0 Å². The summed E-state index contributed by atoms with van der Waals surface area (Å²) >= 11 is 0. The molecule has 5 heteroatoms. The molecule has 1 N–H and O–H groups in total. The van der Waals surface area contributed by atoms with Gasteiger partial charge in [-0.25, -0.2) is 0 Å². The Bertz CT molecular complexity index is 1200. The molecule has 0 bridgehead atoms. The minimum Gasteiger partial charge on any atom is -0.467 e. The predicted molar refractivity (Wildman–Crippen MR) is 120 cm³/mol. The van der Waals surface area contributed by atoms with E-state index >= 15 is 0 Å². The van der Waals surface area contributed by atoms with Crippen LogP contribution in [0.3, 0.4) is 0 Å². The molecule has 1 unspecified atom stereocenters. The van der Waals surface area contributed by atoms with Crippen LogP contribution in [0.25, 0.3) is 11.3 Å². The fourth-order valence-electron chi connectivity index (χ4n) is 4.27. The molecule has 0 aliphatic carbocycles. The summed E-state index contributed by atoms with van der Waals surface area (Å²) in [5.74, 6) is 1.15. The van der Waals surface area contributed by atoms with Gasteiger partial charge >= 0.3 is 0 Å². The van der Waals surface area contributed by atoms with Crippen molar-refractivity contribution in [3.05, 3.63) is 101 Å². The molecule has 1 aliphatic rings. The quantitative estimate of drug-likeness (QED) is 0.448. The van der Waals surface area contributed by atoms with E-state index in [0.29, 0.717) is 18.2 Å². The maximum absolute atomic E-state index is 13.4. The first kappa shape index (κ1) is 19.4. The molecule has 31 heavy (non-hydrogen) atoms. The third-order valence-electron chi connectivity index (χ3n) is 6.01. The number of hydrogen-bond donors (Lipinski definition) is 1. The summed E-state index contributed by atoms with van der Waals surface area (Å²) in [5.41, 5.74) is 6.84. The molecule has 0 fully saturated rings. The summed E-state index contributed by atoms with van der Waals surface area (Å²) in [6, 6.07) is 20.3. The number of aromatic amines is 1. The maximum atomic E-state index is 13.4.